The average Bonchev–Trinajstić information content (AvgIpc) is 3.96. The predicted octanol–water partition coefficient (Wildman–Crippen LogP) is 4.40. The molecule has 17 nitrogen and oxygen atoms in total. The Morgan fingerprint density at radius 2 is 1.60 bits per heavy atom. The number of hydrogen-bond donors (Lipinski definition) is 1. The van der Waals surface area contributed by atoms with Gasteiger partial charge in [-0.25, -0.2) is 14.6 Å². The zero-order valence-electron chi connectivity index (χ0n) is 35.8. The first kappa shape index (κ1) is 50.2. The van der Waals surface area contributed by atoms with E-state index in [1.54, 1.807) is 83.3 Å². The highest BCUT2D eigenvalue weighted by molar-refractivity contribution is 5.96. The molecule has 1 aromatic heterocycles. The van der Waals surface area contributed by atoms with E-state index in [0.29, 0.717) is 17.1 Å². The van der Waals surface area contributed by atoms with E-state index < -0.39 is 72.5 Å². The highest BCUT2D eigenvalue weighted by atomic mass is 16.8. The second-order valence-corrected chi connectivity index (χ2v) is 13.8. The van der Waals surface area contributed by atoms with Crippen molar-refractivity contribution >= 4 is 35.6 Å². The van der Waals surface area contributed by atoms with E-state index in [1.807, 2.05) is 18.2 Å². The number of nitrogens with zero attached hydrogens (tertiary/aromatic N) is 3. The molecule has 1 aliphatic heterocycles. The molecule has 3 amide bonds. The van der Waals surface area contributed by atoms with Crippen molar-refractivity contribution in [2.24, 2.45) is 5.41 Å². The Morgan fingerprint density at radius 3 is 2.20 bits per heavy atom. The Labute approximate surface area is 351 Å². The molecule has 0 bridgehead atoms. The van der Waals surface area contributed by atoms with Crippen molar-refractivity contribution in [2.75, 3.05) is 41.2 Å². The molecule has 60 heavy (non-hydrogen) atoms. The molecule has 4 atom stereocenters. The molecule has 0 aromatic carbocycles. The molecule has 1 N–H and O–H groups in total. The van der Waals surface area contributed by atoms with Crippen LogP contribution in [0.1, 0.15) is 60.1 Å². The van der Waals surface area contributed by atoms with Crippen molar-refractivity contribution in [2.45, 2.75) is 84.8 Å². The van der Waals surface area contributed by atoms with Gasteiger partial charge >= 0.3 is 17.9 Å². The van der Waals surface area contributed by atoms with Crippen LogP contribution in [0.2, 0.25) is 0 Å². The Bertz CT molecular complexity index is 1800. The summed E-state index contributed by atoms with van der Waals surface area (Å²) in [6.07, 6.45) is 23.5. The number of methoxy groups -OCH3 is 2. The lowest BCUT2D eigenvalue weighted by Gasteiger charge is -2.39. The third-order valence-electron chi connectivity index (χ3n) is 9.04. The van der Waals surface area contributed by atoms with Gasteiger partial charge in [-0.05, 0) is 33.3 Å². The quantitative estimate of drug-likeness (QED) is 0.0745. The maximum Gasteiger partial charge on any atom is 0.332 e. The molecule has 1 saturated heterocycles. The van der Waals surface area contributed by atoms with Gasteiger partial charge in [-0.1, -0.05) is 86.8 Å². The highest BCUT2D eigenvalue weighted by Crippen LogP contribution is 2.31. The van der Waals surface area contributed by atoms with E-state index in [2.05, 4.69) is 10.3 Å². The van der Waals surface area contributed by atoms with Gasteiger partial charge in [0.05, 0.1) is 24.8 Å². The number of amides is 3. The van der Waals surface area contributed by atoms with Crippen molar-refractivity contribution in [3.8, 4) is 0 Å². The van der Waals surface area contributed by atoms with Crippen LogP contribution < -0.4 is 5.32 Å². The maximum atomic E-state index is 13.9. The van der Waals surface area contributed by atoms with Gasteiger partial charge in [0.2, 0.25) is 5.91 Å². The van der Waals surface area contributed by atoms with E-state index in [4.69, 9.17) is 32.9 Å². The first-order valence-corrected chi connectivity index (χ1v) is 19.3. The number of esters is 2. The lowest BCUT2D eigenvalue weighted by Crippen LogP contribution is -2.65. The summed E-state index contributed by atoms with van der Waals surface area (Å²) in [6, 6.07) is -1.24. The van der Waals surface area contributed by atoms with Crippen LogP contribution in [0.15, 0.2) is 102 Å². The number of ether oxygens (including phenoxy) is 5. The van der Waals surface area contributed by atoms with Crippen LogP contribution in [0.25, 0.3) is 0 Å². The summed E-state index contributed by atoms with van der Waals surface area (Å²) >= 11 is 0. The molecule has 2 heterocycles. The Morgan fingerprint density at radius 1 is 0.950 bits per heavy atom. The Kier molecular flexibility index (Phi) is 21.4. The van der Waals surface area contributed by atoms with Crippen LogP contribution in [0.3, 0.4) is 0 Å². The third-order valence-corrected chi connectivity index (χ3v) is 9.04. The van der Waals surface area contributed by atoms with Gasteiger partial charge in [-0.3, -0.25) is 19.2 Å². The zero-order chi connectivity index (χ0) is 44.7. The molecule has 17 heteroatoms. The van der Waals surface area contributed by atoms with E-state index in [1.165, 1.54) is 39.6 Å². The van der Waals surface area contributed by atoms with Crippen LogP contribution in [-0.4, -0.2) is 116 Å². The number of likely N-dealkylation sites (N-methyl/N-ethyl adjacent to an activating group) is 1. The minimum Gasteiger partial charge on any atom is -0.467 e. The molecule has 0 spiro atoms. The number of allylic oxidation sites excluding steroid dienone is 11. The van der Waals surface area contributed by atoms with E-state index >= 15 is 0 Å². The molecule has 1 fully saturated rings. The van der Waals surface area contributed by atoms with Gasteiger partial charge in [0.25, 0.3) is 17.5 Å². The molecule has 4 unspecified atom stereocenters. The van der Waals surface area contributed by atoms with Crippen molar-refractivity contribution in [1.29, 1.82) is 0 Å². The van der Waals surface area contributed by atoms with Crippen LogP contribution in [0.5, 0.6) is 0 Å². The van der Waals surface area contributed by atoms with Gasteiger partial charge in [0.15, 0.2) is 19.2 Å². The molecule has 1 aliphatic rings. The number of nitrogens with one attached hydrogen (secondary N) is 1. The molecular weight excluding hydrogens is 780 g/mol. The lowest BCUT2D eigenvalue weighted by molar-refractivity contribution is -0.260. The minimum atomic E-state index is -2.26. The highest BCUT2D eigenvalue weighted by Gasteiger charge is 2.57. The smallest absolute Gasteiger partial charge is 0.332 e. The summed E-state index contributed by atoms with van der Waals surface area (Å²) in [4.78, 5) is 88.3. The SMILES string of the molecule is CCC(=O)OC(C(C)=CC=CC=CCc1cnco1)C(C)(C)C(=O)NCC=CC=CC=CC=CC(=O)N(OC(=O)CC)C1(C(=O)N(C)C(C(=O)OC)C(C)OC)COCO1. The van der Waals surface area contributed by atoms with E-state index in [-0.39, 0.29) is 25.3 Å². The number of carbonyl (C=O) groups is 6. The number of aromatic nitrogens is 1. The molecule has 0 saturated carbocycles. The van der Waals surface area contributed by atoms with E-state index in [9.17, 15) is 28.8 Å². The molecule has 328 valence electrons. The maximum absolute atomic E-state index is 13.9. The second kappa shape index (κ2) is 25.5. The molecule has 2 rings (SSSR count). The van der Waals surface area contributed by atoms with Crippen LogP contribution in [0.4, 0.5) is 0 Å². The molecule has 0 aliphatic carbocycles. The van der Waals surface area contributed by atoms with Gasteiger partial charge in [0, 0.05) is 46.0 Å². The Balaban J connectivity index is 2.08. The molecular formula is C43H58N4O13. The molecule has 1 aromatic rings. The largest absolute Gasteiger partial charge is 0.467 e. The van der Waals surface area contributed by atoms with E-state index in [0.717, 1.165) is 23.8 Å². The monoisotopic (exact) mass is 838 g/mol. The number of oxazole rings is 1. The summed E-state index contributed by atoms with van der Waals surface area (Å²) in [5, 5.41) is 3.36. The summed E-state index contributed by atoms with van der Waals surface area (Å²) in [6.45, 7) is 9.25. The normalized spacial score (nSPS) is 17.8. The Hall–Kier alpha value is -5.91. The van der Waals surface area contributed by atoms with Crippen LogP contribution >= 0.6 is 0 Å². The third kappa shape index (κ3) is 14.7. The predicted molar refractivity (Wildman–Crippen MR) is 219 cm³/mol. The van der Waals surface area contributed by atoms with Crippen molar-refractivity contribution in [3.63, 3.8) is 0 Å². The van der Waals surface area contributed by atoms with Crippen molar-refractivity contribution in [3.05, 3.63) is 103 Å². The van der Waals surface area contributed by atoms with Crippen molar-refractivity contribution in [1.82, 2.24) is 20.3 Å². The molecule has 0 radical (unpaired) electrons. The van der Waals surface area contributed by atoms with Crippen molar-refractivity contribution < 1.29 is 61.7 Å². The summed E-state index contributed by atoms with van der Waals surface area (Å²) < 4.78 is 32.0. The number of hydrogen-bond acceptors (Lipinski definition) is 14. The summed E-state index contributed by atoms with van der Waals surface area (Å²) in [5.74, 6) is -3.47. The zero-order valence-corrected chi connectivity index (χ0v) is 35.8. The van der Waals surface area contributed by atoms with Gasteiger partial charge in [-0.15, -0.1) is 5.06 Å². The average molecular weight is 839 g/mol. The van der Waals surface area contributed by atoms with Gasteiger partial charge in [-0.2, -0.15) is 0 Å². The fraction of sp³-hybridized carbons (Fsp3) is 0.465. The lowest BCUT2D eigenvalue weighted by atomic mass is 9.81. The fourth-order valence-electron chi connectivity index (χ4n) is 5.56. The standard InChI is InChI=1S/C43H58N4O13/c1-10-35(49)59-38(31(3)23-19-16-17-20-24-33-27-44-29-57-33)42(5,6)40(52)45-26-22-18-14-12-13-15-21-25-34(48)47(60-36(50)11-2)43(28-56-30-58-43)41(53)46(7)37(32(4)54-8)39(51)55-9/h12-23,25,27,29,32,37-38H,10-11,24,26,28,30H2,1-9H3,(H,45,52). The van der Waals surface area contributed by atoms with Gasteiger partial charge < -0.3 is 43.2 Å². The minimum absolute atomic E-state index is 0.130. The van der Waals surface area contributed by atoms with Crippen LogP contribution in [-0.2, 0) is 63.7 Å². The summed E-state index contributed by atoms with van der Waals surface area (Å²) in [5.41, 5.74) is -2.67. The van der Waals surface area contributed by atoms with Gasteiger partial charge in [0.1, 0.15) is 18.5 Å². The fourth-order valence-corrected chi connectivity index (χ4v) is 5.56. The first-order valence-electron chi connectivity index (χ1n) is 19.3. The number of rotatable bonds is 22. The topological polar surface area (TPSA) is 202 Å². The van der Waals surface area contributed by atoms with Crippen LogP contribution in [0, 0.1) is 5.41 Å². The first-order chi connectivity index (χ1) is 28.6. The number of carbonyl (C=O) groups excluding carboxylic acids is 6. The number of hydroxylamine groups is 2. The summed E-state index contributed by atoms with van der Waals surface area (Å²) in [7, 11) is 3.81. The second-order valence-electron chi connectivity index (χ2n) is 13.8.